The molecule has 0 atom stereocenters. The molecule has 0 saturated carbocycles. The van der Waals surface area contributed by atoms with E-state index in [1.807, 2.05) is 37.2 Å². The molecule has 0 spiro atoms. The zero-order chi connectivity index (χ0) is 24.2. The molecule has 6 heteroatoms. The van der Waals surface area contributed by atoms with Gasteiger partial charge in [0.15, 0.2) is 17.3 Å². The standard InChI is InChI=1S/C28H30N2O4/c1-18-11-19(2)13-22(12-18)20-6-8-26(32-10-9-30(3)4)23(14-20)25(31)7-5-21-15-27-28(16-24(21)29)34-17-33-27/h5-8,11-16H,9-10,17,29H2,1-4H3. The molecule has 0 unspecified atom stereocenters. The minimum absolute atomic E-state index is 0.164. The second-order valence-electron chi connectivity index (χ2n) is 8.77. The number of hydrogen-bond acceptors (Lipinski definition) is 6. The number of hydrogen-bond donors (Lipinski definition) is 1. The Morgan fingerprint density at radius 1 is 1.00 bits per heavy atom. The summed E-state index contributed by atoms with van der Waals surface area (Å²) >= 11 is 0. The van der Waals surface area contributed by atoms with E-state index in [4.69, 9.17) is 19.9 Å². The van der Waals surface area contributed by atoms with Crippen LogP contribution in [0, 0.1) is 13.8 Å². The van der Waals surface area contributed by atoms with E-state index < -0.39 is 0 Å². The first-order chi connectivity index (χ1) is 16.3. The van der Waals surface area contributed by atoms with Crippen LogP contribution in [0.3, 0.4) is 0 Å². The zero-order valence-electron chi connectivity index (χ0n) is 20.1. The van der Waals surface area contributed by atoms with E-state index in [9.17, 15) is 4.79 Å². The number of ether oxygens (including phenoxy) is 3. The summed E-state index contributed by atoms with van der Waals surface area (Å²) in [6, 6.07) is 15.6. The lowest BCUT2D eigenvalue weighted by molar-refractivity contribution is 0.104. The number of ketones is 1. The summed E-state index contributed by atoms with van der Waals surface area (Å²) in [5, 5.41) is 0. The highest BCUT2D eigenvalue weighted by molar-refractivity contribution is 6.09. The summed E-state index contributed by atoms with van der Waals surface area (Å²) in [4.78, 5) is 15.4. The first-order valence-corrected chi connectivity index (χ1v) is 11.2. The molecular formula is C28H30N2O4. The first kappa shape index (κ1) is 23.4. The van der Waals surface area contributed by atoms with Gasteiger partial charge in [-0.05, 0) is 69.4 Å². The Balaban J connectivity index is 1.66. The van der Waals surface area contributed by atoms with E-state index in [0.29, 0.717) is 40.7 Å². The van der Waals surface area contributed by atoms with Crippen molar-refractivity contribution in [2.24, 2.45) is 0 Å². The minimum Gasteiger partial charge on any atom is -0.491 e. The fraction of sp³-hybridized carbons (Fsp3) is 0.250. The minimum atomic E-state index is -0.164. The number of allylic oxidation sites excluding steroid dienone is 1. The van der Waals surface area contributed by atoms with Gasteiger partial charge in [-0.2, -0.15) is 0 Å². The largest absolute Gasteiger partial charge is 0.491 e. The van der Waals surface area contributed by atoms with Crippen molar-refractivity contribution < 1.29 is 19.0 Å². The molecule has 34 heavy (non-hydrogen) atoms. The van der Waals surface area contributed by atoms with Crippen molar-refractivity contribution in [3.63, 3.8) is 0 Å². The number of carbonyl (C=O) groups excluding carboxylic acids is 1. The summed E-state index contributed by atoms with van der Waals surface area (Å²) in [5.41, 5.74) is 12.2. The number of aryl methyl sites for hydroxylation is 2. The van der Waals surface area contributed by atoms with Crippen LogP contribution in [-0.4, -0.2) is 44.7 Å². The maximum atomic E-state index is 13.3. The van der Waals surface area contributed by atoms with Crippen LogP contribution in [0.1, 0.15) is 27.0 Å². The summed E-state index contributed by atoms with van der Waals surface area (Å²) in [6.45, 7) is 5.53. The van der Waals surface area contributed by atoms with Crippen LogP contribution in [-0.2, 0) is 0 Å². The average molecular weight is 459 g/mol. The monoisotopic (exact) mass is 458 g/mol. The molecule has 4 rings (SSSR count). The van der Waals surface area contributed by atoms with Gasteiger partial charge in [0, 0.05) is 23.9 Å². The molecule has 2 N–H and O–H groups in total. The van der Waals surface area contributed by atoms with Gasteiger partial charge < -0.3 is 24.8 Å². The molecule has 1 heterocycles. The third-order valence-corrected chi connectivity index (χ3v) is 5.59. The van der Waals surface area contributed by atoms with Gasteiger partial charge in [0.05, 0.1) is 5.56 Å². The van der Waals surface area contributed by atoms with Gasteiger partial charge in [-0.25, -0.2) is 0 Å². The molecule has 0 aromatic heterocycles. The van der Waals surface area contributed by atoms with E-state index in [1.165, 1.54) is 17.2 Å². The smallest absolute Gasteiger partial charge is 0.231 e. The van der Waals surface area contributed by atoms with Crippen molar-refractivity contribution in [3.05, 3.63) is 76.9 Å². The molecule has 0 amide bonds. The number of nitrogens with two attached hydrogens (primary N) is 1. The van der Waals surface area contributed by atoms with E-state index in [2.05, 4.69) is 32.0 Å². The van der Waals surface area contributed by atoms with Crippen LogP contribution >= 0.6 is 0 Å². The Hall–Kier alpha value is -3.77. The molecule has 3 aromatic rings. The molecule has 0 radical (unpaired) electrons. The van der Waals surface area contributed by atoms with Crippen molar-refractivity contribution in [3.8, 4) is 28.4 Å². The molecule has 0 bridgehead atoms. The van der Waals surface area contributed by atoms with Gasteiger partial charge >= 0.3 is 0 Å². The van der Waals surface area contributed by atoms with Crippen molar-refractivity contribution in [1.29, 1.82) is 0 Å². The quantitative estimate of drug-likeness (QED) is 0.287. The van der Waals surface area contributed by atoms with Crippen LogP contribution < -0.4 is 19.9 Å². The van der Waals surface area contributed by atoms with E-state index in [0.717, 1.165) is 17.7 Å². The zero-order valence-corrected chi connectivity index (χ0v) is 20.1. The molecule has 6 nitrogen and oxygen atoms in total. The normalized spacial score (nSPS) is 12.5. The molecule has 0 aliphatic carbocycles. The molecule has 0 fully saturated rings. The predicted molar refractivity (Wildman–Crippen MR) is 136 cm³/mol. The van der Waals surface area contributed by atoms with Gasteiger partial charge in [-0.1, -0.05) is 35.4 Å². The van der Waals surface area contributed by atoms with E-state index in [1.54, 1.807) is 18.2 Å². The number of nitrogens with zero attached hydrogens (tertiary/aromatic N) is 1. The highest BCUT2D eigenvalue weighted by atomic mass is 16.7. The van der Waals surface area contributed by atoms with Gasteiger partial charge in [0.2, 0.25) is 6.79 Å². The molecule has 0 saturated heterocycles. The lowest BCUT2D eigenvalue weighted by atomic mass is 9.97. The number of carbonyl (C=O) groups is 1. The Labute approximate surface area is 200 Å². The summed E-state index contributed by atoms with van der Waals surface area (Å²) < 4.78 is 16.8. The average Bonchev–Trinajstić information content (AvgIpc) is 3.23. The number of rotatable bonds is 8. The van der Waals surface area contributed by atoms with Crippen molar-refractivity contribution in [2.45, 2.75) is 13.8 Å². The molecule has 1 aliphatic rings. The third-order valence-electron chi connectivity index (χ3n) is 5.59. The SMILES string of the molecule is Cc1cc(C)cc(-c2ccc(OCCN(C)C)c(C(=O)C=Cc3cc4c(cc3N)OCO4)c2)c1. The summed E-state index contributed by atoms with van der Waals surface area (Å²) in [6.07, 6.45) is 3.22. The van der Waals surface area contributed by atoms with Crippen LogP contribution in [0.5, 0.6) is 17.2 Å². The number of likely N-dealkylation sites (N-methyl/N-ethyl adjacent to an activating group) is 1. The molecule has 3 aromatic carbocycles. The number of anilines is 1. The first-order valence-electron chi connectivity index (χ1n) is 11.2. The lowest BCUT2D eigenvalue weighted by Gasteiger charge is -2.15. The fourth-order valence-corrected chi connectivity index (χ4v) is 3.88. The second kappa shape index (κ2) is 10.0. The third kappa shape index (κ3) is 5.41. The Bertz CT molecular complexity index is 1230. The molecule has 1 aliphatic heterocycles. The van der Waals surface area contributed by atoms with Gasteiger partial charge in [-0.3, -0.25) is 4.79 Å². The van der Waals surface area contributed by atoms with Crippen LogP contribution in [0.25, 0.3) is 17.2 Å². The maximum absolute atomic E-state index is 13.3. The molecular weight excluding hydrogens is 428 g/mol. The Morgan fingerprint density at radius 2 is 1.71 bits per heavy atom. The van der Waals surface area contributed by atoms with Gasteiger partial charge in [0.1, 0.15) is 12.4 Å². The van der Waals surface area contributed by atoms with Gasteiger partial charge in [0.25, 0.3) is 0 Å². The lowest BCUT2D eigenvalue weighted by Crippen LogP contribution is -2.20. The fourth-order valence-electron chi connectivity index (χ4n) is 3.88. The highest BCUT2D eigenvalue weighted by Gasteiger charge is 2.16. The summed E-state index contributed by atoms with van der Waals surface area (Å²) in [5.74, 6) is 1.62. The topological polar surface area (TPSA) is 74.0 Å². The van der Waals surface area contributed by atoms with Crippen molar-refractivity contribution in [2.75, 3.05) is 39.8 Å². The second-order valence-corrected chi connectivity index (χ2v) is 8.77. The number of benzene rings is 3. The van der Waals surface area contributed by atoms with Crippen LogP contribution in [0.15, 0.2) is 54.6 Å². The van der Waals surface area contributed by atoms with Gasteiger partial charge in [-0.15, -0.1) is 0 Å². The Kier molecular flexibility index (Phi) is 6.89. The van der Waals surface area contributed by atoms with E-state index >= 15 is 0 Å². The maximum Gasteiger partial charge on any atom is 0.231 e. The number of nitrogen functional groups attached to an aromatic ring is 1. The summed E-state index contributed by atoms with van der Waals surface area (Å²) in [7, 11) is 3.97. The van der Waals surface area contributed by atoms with Crippen LogP contribution in [0.4, 0.5) is 5.69 Å². The van der Waals surface area contributed by atoms with E-state index in [-0.39, 0.29) is 12.6 Å². The predicted octanol–water partition coefficient (Wildman–Crippen LogP) is 5.12. The number of fused-ring (bicyclic) bond motifs is 1. The highest BCUT2D eigenvalue weighted by Crippen LogP contribution is 2.36. The molecule has 176 valence electrons. The Morgan fingerprint density at radius 3 is 2.41 bits per heavy atom. The van der Waals surface area contributed by atoms with Crippen molar-refractivity contribution in [1.82, 2.24) is 4.90 Å². The van der Waals surface area contributed by atoms with Crippen molar-refractivity contribution >= 4 is 17.5 Å². The van der Waals surface area contributed by atoms with Crippen LogP contribution in [0.2, 0.25) is 0 Å².